The molecule has 0 unspecified atom stereocenters. The van der Waals surface area contributed by atoms with Crippen molar-refractivity contribution < 1.29 is 4.79 Å². The molecule has 174 valence electrons. The number of nitrogens with two attached hydrogens (primary N) is 4. The molecular weight excluding hydrogens is 456 g/mol. The number of nitrogen functional groups attached to an aromatic ring is 2. The van der Waals surface area contributed by atoms with E-state index in [2.05, 4.69) is 10.4 Å². The van der Waals surface area contributed by atoms with E-state index in [1.807, 2.05) is 72.8 Å². The Morgan fingerprint density at radius 3 is 2.37 bits per heavy atom. The van der Waals surface area contributed by atoms with Gasteiger partial charge in [0.05, 0.1) is 11.4 Å². The highest BCUT2D eigenvalue weighted by Gasteiger charge is 2.18. The van der Waals surface area contributed by atoms with Gasteiger partial charge in [-0.1, -0.05) is 36.4 Å². The Bertz CT molecular complexity index is 1540. The number of urea groups is 1. The van der Waals surface area contributed by atoms with Crippen LogP contribution in [0.3, 0.4) is 0 Å². The van der Waals surface area contributed by atoms with Crippen LogP contribution in [0.25, 0.3) is 32.3 Å². The molecule has 0 spiro atoms. The van der Waals surface area contributed by atoms with Crippen LogP contribution in [0.15, 0.2) is 84.4 Å². The van der Waals surface area contributed by atoms with Gasteiger partial charge in [-0.3, -0.25) is 4.90 Å². The Balaban J connectivity index is 1.56. The number of aromatic nitrogens is 1. The molecular formula is C27H24N6OS. The summed E-state index contributed by atoms with van der Waals surface area (Å²) in [7, 11) is 0. The van der Waals surface area contributed by atoms with Gasteiger partial charge in [0.25, 0.3) is 0 Å². The zero-order chi connectivity index (χ0) is 24.5. The summed E-state index contributed by atoms with van der Waals surface area (Å²) in [5, 5.41) is 2.97. The van der Waals surface area contributed by atoms with Crippen molar-refractivity contribution in [3.05, 3.63) is 89.9 Å². The van der Waals surface area contributed by atoms with E-state index in [4.69, 9.17) is 22.9 Å². The molecule has 0 bridgehead atoms. The molecule has 8 heteroatoms. The van der Waals surface area contributed by atoms with Crippen LogP contribution in [0.4, 0.5) is 27.7 Å². The third kappa shape index (κ3) is 4.16. The smallest absolute Gasteiger partial charge is 0.323 e. The lowest BCUT2D eigenvalue weighted by molar-refractivity contribution is 0.256. The third-order valence-corrected chi connectivity index (χ3v) is 6.90. The van der Waals surface area contributed by atoms with Gasteiger partial charge in [0.1, 0.15) is 5.82 Å². The number of pyridine rings is 1. The molecule has 8 N–H and O–H groups in total. The second-order valence-electron chi connectivity index (χ2n) is 8.13. The maximum Gasteiger partial charge on any atom is 0.323 e. The molecule has 2 amide bonds. The summed E-state index contributed by atoms with van der Waals surface area (Å²) < 4.78 is 1.04. The zero-order valence-corrected chi connectivity index (χ0v) is 19.6. The highest BCUT2D eigenvalue weighted by atomic mass is 32.1. The van der Waals surface area contributed by atoms with E-state index in [1.54, 1.807) is 17.5 Å². The number of fused-ring (bicyclic) bond motifs is 1. The number of anilines is 4. The van der Waals surface area contributed by atoms with E-state index in [0.29, 0.717) is 29.4 Å². The fraction of sp³-hybridized carbons (Fsp3) is 0.0370. The second kappa shape index (κ2) is 9.09. The van der Waals surface area contributed by atoms with Crippen LogP contribution >= 0.6 is 11.3 Å². The molecule has 0 aliphatic heterocycles. The molecule has 5 aromatic rings. The predicted molar refractivity (Wildman–Crippen MR) is 145 cm³/mol. The van der Waals surface area contributed by atoms with Gasteiger partial charge in [-0.25, -0.2) is 9.78 Å². The van der Waals surface area contributed by atoms with Gasteiger partial charge in [0.15, 0.2) is 0 Å². The summed E-state index contributed by atoms with van der Waals surface area (Å²) in [5.74, 6) is 0.463. The second-order valence-corrected chi connectivity index (χ2v) is 9.01. The summed E-state index contributed by atoms with van der Waals surface area (Å²) in [6.07, 6.45) is 1.79. The third-order valence-electron chi connectivity index (χ3n) is 5.88. The lowest BCUT2D eigenvalue weighted by Gasteiger charge is -2.21. The predicted octanol–water partition coefficient (Wildman–Crippen LogP) is 5.47. The normalized spacial score (nSPS) is 11.0. The van der Waals surface area contributed by atoms with Gasteiger partial charge in [-0.05, 0) is 58.5 Å². The first-order valence-corrected chi connectivity index (χ1v) is 11.8. The van der Waals surface area contributed by atoms with Gasteiger partial charge in [0, 0.05) is 39.6 Å². The minimum Gasteiger partial charge on any atom is -0.399 e. The average Bonchev–Trinajstić information content (AvgIpc) is 3.31. The van der Waals surface area contributed by atoms with Gasteiger partial charge < -0.3 is 22.9 Å². The summed E-state index contributed by atoms with van der Waals surface area (Å²) in [6, 6.07) is 22.2. The van der Waals surface area contributed by atoms with E-state index < -0.39 is 6.03 Å². The Hall–Kier alpha value is -4.40. The van der Waals surface area contributed by atoms with E-state index >= 15 is 0 Å². The van der Waals surface area contributed by atoms with E-state index in [0.717, 1.165) is 37.9 Å². The number of nitrogens with zero attached hydrogens (tertiary/aromatic N) is 2. The number of benzene rings is 3. The summed E-state index contributed by atoms with van der Waals surface area (Å²) in [6.45, 7) is 0.373. The quantitative estimate of drug-likeness (QED) is 0.247. The zero-order valence-electron chi connectivity index (χ0n) is 18.8. The molecule has 0 radical (unpaired) electrons. The molecule has 7 nitrogen and oxygen atoms in total. The van der Waals surface area contributed by atoms with Crippen LogP contribution in [0, 0.1) is 0 Å². The van der Waals surface area contributed by atoms with Crippen molar-refractivity contribution in [2.24, 2.45) is 11.5 Å². The summed E-state index contributed by atoms with van der Waals surface area (Å²) in [4.78, 5) is 18.2. The number of primary amides is 1. The summed E-state index contributed by atoms with van der Waals surface area (Å²) in [5.41, 5.74) is 30.6. The Morgan fingerprint density at radius 2 is 1.66 bits per heavy atom. The molecule has 0 fully saturated rings. The number of thiophene rings is 1. The van der Waals surface area contributed by atoms with Gasteiger partial charge in [-0.15, -0.1) is 11.3 Å². The van der Waals surface area contributed by atoms with Crippen molar-refractivity contribution in [1.29, 1.82) is 0 Å². The van der Waals surface area contributed by atoms with Crippen molar-refractivity contribution in [3.63, 3.8) is 0 Å². The first kappa shape index (κ1) is 22.4. The molecule has 0 aliphatic rings. The molecule has 0 atom stereocenters. The van der Waals surface area contributed by atoms with Crippen LogP contribution < -0.4 is 27.8 Å². The SMILES string of the molecule is NCc1cccc(N(C(N)=O)c2ccc(-c3csc4c(-c5cccc(N)c5)cnc(N)c34)cc2)c1. The fourth-order valence-electron chi connectivity index (χ4n) is 4.21. The molecule has 5 rings (SSSR count). The van der Waals surface area contributed by atoms with Gasteiger partial charge in [-0.2, -0.15) is 0 Å². The minimum atomic E-state index is -0.576. The highest BCUT2D eigenvalue weighted by molar-refractivity contribution is 7.18. The van der Waals surface area contributed by atoms with Gasteiger partial charge >= 0.3 is 6.03 Å². The van der Waals surface area contributed by atoms with Crippen LogP contribution in [-0.2, 0) is 6.54 Å². The lowest BCUT2D eigenvalue weighted by atomic mass is 10.0. The molecule has 2 aromatic heterocycles. The Morgan fingerprint density at radius 1 is 0.886 bits per heavy atom. The molecule has 0 aliphatic carbocycles. The maximum absolute atomic E-state index is 12.3. The van der Waals surface area contributed by atoms with Gasteiger partial charge in [0.2, 0.25) is 0 Å². The number of carbonyl (C=O) groups excluding carboxylic acids is 1. The van der Waals surface area contributed by atoms with Crippen LogP contribution in [0.2, 0.25) is 0 Å². The first-order valence-electron chi connectivity index (χ1n) is 11.0. The van der Waals surface area contributed by atoms with Crippen molar-refractivity contribution in [3.8, 4) is 22.3 Å². The Kier molecular flexibility index (Phi) is 5.82. The van der Waals surface area contributed by atoms with Crippen molar-refractivity contribution >= 4 is 50.3 Å². The number of hydrogen-bond donors (Lipinski definition) is 4. The van der Waals surface area contributed by atoms with Crippen molar-refractivity contribution in [1.82, 2.24) is 4.98 Å². The number of rotatable bonds is 5. The molecule has 2 heterocycles. The number of amides is 2. The average molecular weight is 481 g/mol. The largest absolute Gasteiger partial charge is 0.399 e. The number of carbonyl (C=O) groups is 1. The topological polar surface area (TPSA) is 137 Å². The van der Waals surface area contributed by atoms with Crippen LogP contribution in [0.5, 0.6) is 0 Å². The first-order chi connectivity index (χ1) is 17.0. The van der Waals surface area contributed by atoms with E-state index in [9.17, 15) is 4.79 Å². The van der Waals surface area contributed by atoms with Crippen LogP contribution in [-0.4, -0.2) is 11.0 Å². The number of hydrogen-bond acceptors (Lipinski definition) is 6. The lowest BCUT2D eigenvalue weighted by Crippen LogP contribution is -2.31. The van der Waals surface area contributed by atoms with E-state index in [-0.39, 0.29) is 0 Å². The fourth-order valence-corrected chi connectivity index (χ4v) is 5.33. The minimum absolute atomic E-state index is 0.373. The Labute approximate surface area is 206 Å². The molecule has 3 aromatic carbocycles. The van der Waals surface area contributed by atoms with E-state index in [1.165, 1.54) is 4.90 Å². The standard InChI is InChI=1S/C27H24N6OS/c28-13-16-3-1-6-21(11-16)33(27(31)34)20-9-7-17(8-10-20)23-15-35-25-22(14-32-26(30)24(23)25)18-4-2-5-19(29)12-18/h1-12,14-15H,13,28-29H2,(H2,30,32)(H2,31,34). The maximum atomic E-state index is 12.3. The molecule has 0 saturated heterocycles. The summed E-state index contributed by atoms with van der Waals surface area (Å²) >= 11 is 1.61. The highest BCUT2D eigenvalue weighted by Crippen LogP contribution is 2.42. The van der Waals surface area contributed by atoms with Crippen molar-refractivity contribution in [2.75, 3.05) is 16.4 Å². The molecule has 0 saturated carbocycles. The molecule has 35 heavy (non-hydrogen) atoms. The van der Waals surface area contributed by atoms with Crippen LogP contribution in [0.1, 0.15) is 5.56 Å². The monoisotopic (exact) mass is 480 g/mol. The van der Waals surface area contributed by atoms with Crippen molar-refractivity contribution in [2.45, 2.75) is 6.54 Å².